The largest absolute Gasteiger partial charge is 0.361 e. The molecule has 0 aliphatic rings. The molecule has 5 heteroatoms. The number of H-pyrrole nitrogens is 1. The minimum Gasteiger partial charge on any atom is -0.361 e. The van der Waals surface area contributed by atoms with Crippen LogP contribution >= 0.6 is 0 Å². The van der Waals surface area contributed by atoms with Crippen molar-refractivity contribution >= 4 is 26.6 Å². The Morgan fingerprint density at radius 2 is 1.84 bits per heavy atom. The first-order valence-corrected chi connectivity index (χ1v) is 7.20. The quantitative estimate of drug-likeness (QED) is 0.769. The molecule has 3 aromatic rings. The molecule has 0 atom stereocenters. The maximum atomic E-state index is 12.2. The lowest BCUT2D eigenvalue weighted by Crippen LogP contribution is -2.12. The number of nitrogens with one attached hydrogen (secondary N) is 2. The number of hydrogen-bond acceptors (Lipinski definition) is 2. The number of benzene rings is 2. The lowest BCUT2D eigenvalue weighted by atomic mass is 10.2. The lowest BCUT2D eigenvalue weighted by molar-refractivity contribution is 0.601. The predicted octanol–water partition coefficient (Wildman–Crippen LogP) is 2.77. The SMILES string of the molecule is O=S(=O)(Nc1cccc2[nH]ccc12)c1cc[c]cc1. The summed E-state index contributed by atoms with van der Waals surface area (Å²) < 4.78 is 27.1. The van der Waals surface area contributed by atoms with E-state index in [0.717, 1.165) is 10.9 Å². The van der Waals surface area contributed by atoms with Gasteiger partial charge in [-0.15, -0.1) is 0 Å². The number of fused-ring (bicyclic) bond motifs is 1. The summed E-state index contributed by atoms with van der Waals surface area (Å²) in [5.41, 5.74) is 1.45. The van der Waals surface area contributed by atoms with E-state index in [0.29, 0.717) is 5.69 Å². The van der Waals surface area contributed by atoms with Crippen molar-refractivity contribution in [3.8, 4) is 0 Å². The fourth-order valence-corrected chi connectivity index (χ4v) is 3.01. The van der Waals surface area contributed by atoms with Crippen molar-refractivity contribution in [1.82, 2.24) is 4.98 Å². The van der Waals surface area contributed by atoms with E-state index in [1.165, 1.54) is 12.1 Å². The van der Waals surface area contributed by atoms with E-state index < -0.39 is 10.0 Å². The lowest BCUT2D eigenvalue weighted by Gasteiger charge is -2.08. The van der Waals surface area contributed by atoms with Crippen LogP contribution in [0.1, 0.15) is 0 Å². The first-order chi connectivity index (χ1) is 9.17. The summed E-state index contributed by atoms with van der Waals surface area (Å²) in [6, 6.07) is 16.2. The maximum Gasteiger partial charge on any atom is 0.261 e. The van der Waals surface area contributed by atoms with E-state index in [1.54, 1.807) is 30.5 Å². The number of sulfonamides is 1. The highest BCUT2D eigenvalue weighted by atomic mass is 32.2. The van der Waals surface area contributed by atoms with Gasteiger partial charge in [0, 0.05) is 17.1 Å². The van der Waals surface area contributed by atoms with Crippen LogP contribution in [-0.4, -0.2) is 13.4 Å². The van der Waals surface area contributed by atoms with Crippen molar-refractivity contribution in [3.05, 3.63) is 60.8 Å². The molecule has 19 heavy (non-hydrogen) atoms. The average molecular weight is 271 g/mol. The number of rotatable bonds is 3. The zero-order chi connectivity index (χ0) is 13.3. The standard InChI is InChI=1S/C14H11N2O2S/c17-19(18,11-5-2-1-3-6-11)16-14-8-4-7-13-12(14)9-10-15-13/h2-10,15-16H. The van der Waals surface area contributed by atoms with E-state index in [4.69, 9.17) is 0 Å². The molecule has 95 valence electrons. The Morgan fingerprint density at radius 1 is 1.05 bits per heavy atom. The summed E-state index contributed by atoms with van der Waals surface area (Å²) in [6.45, 7) is 0. The zero-order valence-electron chi connectivity index (χ0n) is 9.92. The Bertz CT molecular complexity index is 808. The van der Waals surface area contributed by atoms with Gasteiger partial charge in [-0.1, -0.05) is 18.2 Å². The van der Waals surface area contributed by atoms with Crippen LogP contribution in [0.4, 0.5) is 5.69 Å². The highest BCUT2D eigenvalue weighted by Crippen LogP contribution is 2.24. The Hall–Kier alpha value is -2.27. The molecule has 0 fully saturated rings. The monoisotopic (exact) mass is 271 g/mol. The summed E-state index contributed by atoms with van der Waals surface area (Å²) in [5.74, 6) is 0. The molecule has 2 aromatic carbocycles. The topological polar surface area (TPSA) is 62.0 Å². The highest BCUT2D eigenvalue weighted by molar-refractivity contribution is 7.92. The van der Waals surface area contributed by atoms with Gasteiger partial charge >= 0.3 is 0 Å². The maximum absolute atomic E-state index is 12.2. The second-order valence-electron chi connectivity index (χ2n) is 4.09. The third-order valence-corrected chi connectivity index (χ3v) is 4.22. The van der Waals surface area contributed by atoms with Crippen LogP contribution in [0, 0.1) is 6.07 Å². The van der Waals surface area contributed by atoms with Gasteiger partial charge in [-0.05, 0) is 36.4 Å². The molecule has 0 aliphatic carbocycles. The van der Waals surface area contributed by atoms with Gasteiger partial charge in [0.2, 0.25) is 0 Å². The van der Waals surface area contributed by atoms with Crippen LogP contribution in [0.5, 0.6) is 0 Å². The molecule has 4 nitrogen and oxygen atoms in total. The van der Waals surface area contributed by atoms with Crippen LogP contribution < -0.4 is 4.72 Å². The van der Waals surface area contributed by atoms with Crippen LogP contribution in [-0.2, 0) is 10.0 Å². The Balaban J connectivity index is 2.04. The van der Waals surface area contributed by atoms with Crippen molar-refractivity contribution in [2.75, 3.05) is 4.72 Å². The van der Waals surface area contributed by atoms with E-state index in [2.05, 4.69) is 15.8 Å². The zero-order valence-corrected chi connectivity index (χ0v) is 10.7. The van der Waals surface area contributed by atoms with Gasteiger partial charge in [0.25, 0.3) is 10.0 Å². The Labute approximate surface area is 111 Å². The third kappa shape index (κ3) is 2.20. The summed E-state index contributed by atoms with van der Waals surface area (Å²) in [5, 5.41) is 0.841. The third-order valence-electron chi connectivity index (χ3n) is 2.84. The molecule has 0 unspecified atom stereocenters. The minimum absolute atomic E-state index is 0.221. The van der Waals surface area contributed by atoms with E-state index >= 15 is 0 Å². The van der Waals surface area contributed by atoms with Crippen molar-refractivity contribution in [2.45, 2.75) is 4.90 Å². The van der Waals surface area contributed by atoms with Gasteiger partial charge < -0.3 is 4.98 Å². The molecular formula is C14H11N2O2S. The van der Waals surface area contributed by atoms with Crippen molar-refractivity contribution in [1.29, 1.82) is 0 Å². The molecule has 2 N–H and O–H groups in total. The molecule has 0 aliphatic heterocycles. The molecule has 1 radical (unpaired) electrons. The molecule has 0 spiro atoms. The fraction of sp³-hybridized carbons (Fsp3) is 0. The second-order valence-corrected chi connectivity index (χ2v) is 5.77. The van der Waals surface area contributed by atoms with E-state index in [-0.39, 0.29) is 4.90 Å². The van der Waals surface area contributed by atoms with E-state index in [1.807, 2.05) is 12.1 Å². The molecule has 3 rings (SSSR count). The normalized spacial score (nSPS) is 11.6. The number of aromatic nitrogens is 1. The van der Waals surface area contributed by atoms with Gasteiger partial charge in [0.05, 0.1) is 10.6 Å². The van der Waals surface area contributed by atoms with Crippen molar-refractivity contribution in [2.24, 2.45) is 0 Å². The van der Waals surface area contributed by atoms with Crippen LogP contribution in [0.2, 0.25) is 0 Å². The van der Waals surface area contributed by atoms with Gasteiger partial charge in [-0.25, -0.2) is 8.42 Å². The van der Waals surface area contributed by atoms with Gasteiger partial charge in [0.15, 0.2) is 0 Å². The number of aromatic amines is 1. The van der Waals surface area contributed by atoms with Crippen LogP contribution in [0.15, 0.2) is 59.6 Å². The van der Waals surface area contributed by atoms with Gasteiger partial charge in [0.1, 0.15) is 0 Å². The molecule has 1 heterocycles. The summed E-state index contributed by atoms with van der Waals surface area (Å²) in [7, 11) is -3.57. The van der Waals surface area contributed by atoms with Crippen molar-refractivity contribution < 1.29 is 8.42 Å². The Morgan fingerprint density at radius 3 is 2.63 bits per heavy atom. The van der Waals surface area contributed by atoms with Crippen molar-refractivity contribution in [3.63, 3.8) is 0 Å². The molecule has 0 amide bonds. The summed E-state index contributed by atoms with van der Waals surface area (Å²) in [4.78, 5) is 3.27. The van der Waals surface area contributed by atoms with Crippen LogP contribution in [0.3, 0.4) is 0 Å². The average Bonchev–Trinajstić information content (AvgIpc) is 2.89. The first kappa shape index (κ1) is 11.8. The smallest absolute Gasteiger partial charge is 0.261 e. The van der Waals surface area contributed by atoms with Gasteiger partial charge in [-0.3, -0.25) is 4.72 Å². The molecule has 0 saturated carbocycles. The van der Waals surface area contributed by atoms with E-state index in [9.17, 15) is 8.42 Å². The fourth-order valence-electron chi connectivity index (χ4n) is 1.93. The minimum atomic E-state index is -3.57. The number of hydrogen-bond donors (Lipinski definition) is 2. The molecule has 0 saturated heterocycles. The Kier molecular flexibility index (Phi) is 2.76. The highest BCUT2D eigenvalue weighted by Gasteiger charge is 2.14. The predicted molar refractivity (Wildman–Crippen MR) is 74.4 cm³/mol. The summed E-state index contributed by atoms with van der Waals surface area (Å²) in [6.07, 6.45) is 1.78. The summed E-state index contributed by atoms with van der Waals surface area (Å²) >= 11 is 0. The molecular weight excluding hydrogens is 260 g/mol. The first-order valence-electron chi connectivity index (χ1n) is 5.72. The second kappa shape index (κ2) is 4.44. The molecule has 1 aromatic heterocycles. The van der Waals surface area contributed by atoms with Gasteiger partial charge in [-0.2, -0.15) is 0 Å². The molecule has 0 bridgehead atoms. The number of anilines is 1. The van der Waals surface area contributed by atoms with Crippen LogP contribution in [0.25, 0.3) is 10.9 Å².